The molecular weight excluding hydrogens is 358 g/mol. The summed E-state index contributed by atoms with van der Waals surface area (Å²) in [5, 5.41) is 4.30. The number of hydrogen-bond acceptors (Lipinski definition) is 4. The maximum atomic E-state index is 12.5. The highest BCUT2D eigenvalue weighted by atomic mass is 35.5. The molecule has 3 heterocycles. The summed E-state index contributed by atoms with van der Waals surface area (Å²) in [7, 11) is 0. The average Bonchev–Trinajstić information content (AvgIpc) is 3.21. The third-order valence-electron chi connectivity index (χ3n) is 4.12. The van der Waals surface area contributed by atoms with Gasteiger partial charge in [0, 0.05) is 31.0 Å². The van der Waals surface area contributed by atoms with Crippen molar-refractivity contribution in [1.82, 2.24) is 4.98 Å². The van der Waals surface area contributed by atoms with E-state index in [1.54, 1.807) is 35.5 Å². The first-order valence-electron chi connectivity index (χ1n) is 7.86. The van der Waals surface area contributed by atoms with Crippen LogP contribution in [0.15, 0.2) is 42.7 Å². The number of carbonyl (C=O) groups is 2. The van der Waals surface area contributed by atoms with E-state index in [1.807, 2.05) is 12.1 Å². The molecule has 1 aliphatic heterocycles. The first-order valence-corrected chi connectivity index (χ1v) is 9.06. The molecule has 126 valence electrons. The summed E-state index contributed by atoms with van der Waals surface area (Å²) in [6.07, 6.45) is 4.84. The lowest BCUT2D eigenvalue weighted by atomic mass is 10.2. The van der Waals surface area contributed by atoms with Gasteiger partial charge in [0.05, 0.1) is 20.3 Å². The Hall–Kier alpha value is -2.44. The number of halogens is 1. The summed E-state index contributed by atoms with van der Waals surface area (Å²) in [6, 6.07) is 8.93. The van der Waals surface area contributed by atoms with Crippen LogP contribution in [0.5, 0.6) is 0 Å². The van der Waals surface area contributed by atoms with E-state index >= 15 is 0 Å². The molecule has 0 unspecified atom stereocenters. The fourth-order valence-electron chi connectivity index (χ4n) is 2.90. The minimum Gasteiger partial charge on any atom is -0.321 e. The van der Waals surface area contributed by atoms with Gasteiger partial charge in [-0.15, -0.1) is 11.3 Å². The molecule has 0 bridgehead atoms. The molecule has 1 fully saturated rings. The summed E-state index contributed by atoms with van der Waals surface area (Å²) >= 11 is 7.71. The number of rotatable bonds is 3. The van der Waals surface area contributed by atoms with Crippen molar-refractivity contribution in [3.8, 4) is 0 Å². The second-order valence-corrected chi connectivity index (χ2v) is 7.28. The van der Waals surface area contributed by atoms with Crippen molar-refractivity contribution in [2.24, 2.45) is 0 Å². The largest absolute Gasteiger partial charge is 0.321 e. The first kappa shape index (κ1) is 16.1. The topological polar surface area (TPSA) is 62.3 Å². The number of fused-ring (bicyclic) bond motifs is 1. The van der Waals surface area contributed by atoms with E-state index in [-0.39, 0.29) is 11.8 Å². The standard InChI is InChI=1S/C18H14ClN3O2S/c19-13-9-12(3-4-14(13)22-7-1-2-17(22)23)21-18(24)15-8-11-5-6-20-10-16(11)25-15/h3-6,8-10H,1-2,7H2,(H,21,24). The second-order valence-electron chi connectivity index (χ2n) is 5.79. The molecule has 2 aromatic heterocycles. The molecule has 1 aromatic carbocycles. The molecule has 25 heavy (non-hydrogen) atoms. The molecule has 0 aliphatic carbocycles. The Kier molecular flexibility index (Phi) is 4.15. The Morgan fingerprint density at radius 1 is 1.28 bits per heavy atom. The number of pyridine rings is 1. The number of nitrogens with zero attached hydrogens (tertiary/aromatic N) is 2. The SMILES string of the molecule is O=C(Nc1ccc(N2CCCC2=O)c(Cl)c1)c1cc2ccncc2s1. The lowest BCUT2D eigenvalue weighted by Crippen LogP contribution is -2.24. The molecule has 0 saturated carbocycles. The van der Waals surface area contributed by atoms with Crippen LogP contribution in [0, 0.1) is 0 Å². The van der Waals surface area contributed by atoms with Gasteiger partial charge in [0.15, 0.2) is 0 Å². The third kappa shape index (κ3) is 3.10. The minimum atomic E-state index is -0.192. The molecule has 0 radical (unpaired) electrons. The Labute approximate surface area is 153 Å². The maximum absolute atomic E-state index is 12.5. The highest BCUT2D eigenvalue weighted by molar-refractivity contribution is 7.20. The van der Waals surface area contributed by atoms with Crippen LogP contribution in [-0.2, 0) is 4.79 Å². The molecule has 4 rings (SSSR count). The molecular formula is C18H14ClN3O2S. The number of benzene rings is 1. The van der Waals surface area contributed by atoms with Crippen LogP contribution in [-0.4, -0.2) is 23.3 Å². The molecule has 7 heteroatoms. The van der Waals surface area contributed by atoms with E-state index in [9.17, 15) is 9.59 Å². The van der Waals surface area contributed by atoms with Crippen LogP contribution in [0.2, 0.25) is 5.02 Å². The van der Waals surface area contributed by atoms with Gasteiger partial charge in [-0.05, 0) is 42.1 Å². The van der Waals surface area contributed by atoms with Crippen molar-refractivity contribution in [3.63, 3.8) is 0 Å². The van der Waals surface area contributed by atoms with Gasteiger partial charge in [-0.3, -0.25) is 14.6 Å². The quantitative estimate of drug-likeness (QED) is 0.745. The third-order valence-corrected chi connectivity index (χ3v) is 5.50. The zero-order valence-electron chi connectivity index (χ0n) is 13.2. The predicted molar refractivity (Wildman–Crippen MR) is 101 cm³/mol. The van der Waals surface area contributed by atoms with Crippen molar-refractivity contribution in [2.75, 3.05) is 16.8 Å². The van der Waals surface area contributed by atoms with E-state index in [1.165, 1.54) is 11.3 Å². The van der Waals surface area contributed by atoms with Crippen LogP contribution < -0.4 is 10.2 Å². The molecule has 0 atom stereocenters. The van der Waals surface area contributed by atoms with Gasteiger partial charge in [0.2, 0.25) is 5.91 Å². The van der Waals surface area contributed by atoms with Crippen molar-refractivity contribution in [3.05, 3.63) is 52.6 Å². The highest BCUT2D eigenvalue weighted by Gasteiger charge is 2.23. The van der Waals surface area contributed by atoms with Crippen LogP contribution in [0.4, 0.5) is 11.4 Å². The second kappa shape index (κ2) is 6.46. The Bertz CT molecular complexity index is 952. The highest BCUT2D eigenvalue weighted by Crippen LogP contribution is 2.32. The summed E-state index contributed by atoms with van der Waals surface area (Å²) in [4.78, 5) is 30.7. The van der Waals surface area contributed by atoms with Crippen LogP contribution in [0.25, 0.3) is 10.1 Å². The zero-order chi connectivity index (χ0) is 17.4. The summed E-state index contributed by atoms with van der Waals surface area (Å²) in [6.45, 7) is 0.681. The van der Waals surface area contributed by atoms with Crippen LogP contribution in [0.3, 0.4) is 0 Å². The number of aromatic nitrogens is 1. The van der Waals surface area contributed by atoms with E-state index in [0.29, 0.717) is 34.2 Å². The zero-order valence-corrected chi connectivity index (χ0v) is 14.7. The van der Waals surface area contributed by atoms with Crippen LogP contribution >= 0.6 is 22.9 Å². The summed E-state index contributed by atoms with van der Waals surface area (Å²) < 4.78 is 0.966. The van der Waals surface area contributed by atoms with Gasteiger partial charge in [-0.25, -0.2) is 0 Å². The normalized spacial score (nSPS) is 14.3. The van der Waals surface area contributed by atoms with Crippen LogP contribution in [0.1, 0.15) is 22.5 Å². The molecule has 1 aliphatic rings. The average molecular weight is 372 g/mol. The minimum absolute atomic E-state index is 0.0811. The number of nitrogens with one attached hydrogen (secondary N) is 1. The van der Waals surface area contributed by atoms with E-state index in [2.05, 4.69) is 10.3 Å². The molecule has 0 spiro atoms. The van der Waals surface area contributed by atoms with Gasteiger partial charge in [0.25, 0.3) is 5.91 Å². The fraction of sp³-hybridized carbons (Fsp3) is 0.167. The van der Waals surface area contributed by atoms with E-state index < -0.39 is 0 Å². The monoisotopic (exact) mass is 371 g/mol. The van der Waals surface area contributed by atoms with Crippen molar-refractivity contribution in [2.45, 2.75) is 12.8 Å². The number of anilines is 2. The number of thiophene rings is 1. The Balaban J connectivity index is 1.55. The van der Waals surface area contributed by atoms with Gasteiger partial charge in [-0.2, -0.15) is 0 Å². The predicted octanol–water partition coefficient (Wildman–Crippen LogP) is 4.33. The van der Waals surface area contributed by atoms with Gasteiger partial charge < -0.3 is 10.2 Å². The number of amides is 2. The molecule has 2 amide bonds. The van der Waals surface area contributed by atoms with Gasteiger partial charge in [-0.1, -0.05) is 11.6 Å². The Morgan fingerprint density at radius 2 is 2.16 bits per heavy atom. The maximum Gasteiger partial charge on any atom is 0.265 e. The molecule has 1 N–H and O–H groups in total. The van der Waals surface area contributed by atoms with Crippen molar-refractivity contribution >= 4 is 56.2 Å². The smallest absolute Gasteiger partial charge is 0.265 e. The number of carbonyl (C=O) groups excluding carboxylic acids is 2. The van der Waals surface area contributed by atoms with Gasteiger partial charge in [0.1, 0.15) is 0 Å². The lowest BCUT2D eigenvalue weighted by Gasteiger charge is -2.18. The van der Waals surface area contributed by atoms with Gasteiger partial charge >= 0.3 is 0 Å². The lowest BCUT2D eigenvalue weighted by molar-refractivity contribution is -0.117. The van der Waals surface area contributed by atoms with E-state index in [4.69, 9.17) is 11.6 Å². The molecule has 3 aromatic rings. The summed E-state index contributed by atoms with van der Waals surface area (Å²) in [5.41, 5.74) is 1.29. The molecule has 1 saturated heterocycles. The number of hydrogen-bond donors (Lipinski definition) is 1. The Morgan fingerprint density at radius 3 is 2.88 bits per heavy atom. The first-order chi connectivity index (χ1) is 12.1. The fourth-order valence-corrected chi connectivity index (χ4v) is 4.10. The van der Waals surface area contributed by atoms with E-state index in [0.717, 1.165) is 16.5 Å². The van der Waals surface area contributed by atoms with Crippen molar-refractivity contribution in [1.29, 1.82) is 0 Å². The summed E-state index contributed by atoms with van der Waals surface area (Å²) in [5.74, 6) is -0.111. The molecule has 5 nitrogen and oxygen atoms in total. The van der Waals surface area contributed by atoms with Crippen molar-refractivity contribution < 1.29 is 9.59 Å².